The SMILES string of the molecule is CCn1c(SC2CCN(c3ccccc3Cl)C2=O)nc2ccccc21. The normalized spacial score (nSPS) is 17.6. The molecule has 1 amide bonds. The van der Waals surface area contributed by atoms with Crippen molar-refractivity contribution in [1.82, 2.24) is 9.55 Å². The van der Waals surface area contributed by atoms with E-state index in [0.717, 1.165) is 34.8 Å². The van der Waals surface area contributed by atoms with Crippen molar-refractivity contribution in [2.75, 3.05) is 11.4 Å². The molecule has 1 unspecified atom stereocenters. The summed E-state index contributed by atoms with van der Waals surface area (Å²) >= 11 is 7.82. The van der Waals surface area contributed by atoms with E-state index >= 15 is 0 Å². The number of amides is 1. The lowest BCUT2D eigenvalue weighted by Crippen LogP contribution is -2.28. The minimum absolute atomic E-state index is 0.104. The summed E-state index contributed by atoms with van der Waals surface area (Å²) in [5.74, 6) is 0.104. The van der Waals surface area contributed by atoms with Crippen LogP contribution in [-0.4, -0.2) is 27.3 Å². The molecule has 2 aromatic carbocycles. The maximum absolute atomic E-state index is 12.9. The molecule has 25 heavy (non-hydrogen) atoms. The highest BCUT2D eigenvalue weighted by molar-refractivity contribution is 8.00. The van der Waals surface area contributed by atoms with E-state index in [1.165, 1.54) is 0 Å². The Morgan fingerprint density at radius 3 is 2.76 bits per heavy atom. The summed E-state index contributed by atoms with van der Waals surface area (Å²) in [5.41, 5.74) is 2.88. The van der Waals surface area contributed by atoms with Gasteiger partial charge in [0.15, 0.2) is 5.16 Å². The molecule has 3 aromatic rings. The van der Waals surface area contributed by atoms with Gasteiger partial charge >= 0.3 is 0 Å². The van der Waals surface area contributed by atoms with Gasteiger partial charge < -0.3 is 9.47 Å². The Morgan fingerprint density at radius 2 is 1.96 bits per heavy atom. The minimum atomic E-state index is -0.126. The van der Waals surface area contributed by atoms with Gasteiger partial charge in [-0.05, 0) is 37.6 Å². The fourth-order valence-electron chi connectivity index (χ4n) is 3.25. The van der Waals surface area contributed by atoms with Crippen molar-refractivity contribution < 1.29 is 4.79 Å². The minimum Gasteiger partial charge on any atom is -0.319 e. The molecule has 1 aromatic heterocycles. The first kappa shape index (κ1) is 16.5. The van der Waals surface area contributed by atoms with Gasteiger partial charge in [-0.3, -0.25) is 4.79 Å². The van der Waals surface area contributed by atoms with Gasteiger partial charge in [-0.1, -0.05) is 47.6 Å². The van der Waals surface area contributed by atoms with Crippen molar-refractivity contribution in [3.05, 3.63) is 53.6 Å². The Kier molecular flexibility index (Phi) is 4.44. The molecule has 0 bridgehead atoms. The lowest BCUT2D eigenvalue weighted by molar-refractivity contribution is -0.116. The maximum atomic E-state index is 12.9. The Hall–Kier alpha value is -1.98. The van der Waals surface area contributed by atoms with Crippen LogP contribution in [0.25, 0.3) is 11.0 Å². The molecule has 1 aliphatic rings. The van der Waals surface area contributed by atoms with E-state index < -0.39 is 0 Å². The number of thioether (sulfide) groups is 1. The molecule has 0 saturated carbocycles. The number of imidazole rings is 1. The lowest BCUT2D eigenvalue weighted by atomic mass is 10.3. The van der Waals surface area contributed by atoms with E-state index in [9.17, 15) is 4.79 Å². The first-order valence-electron chi connectivity index (χ1n) is 8.37. The molecule has 0 spiro atoms. The highest BCUT2D eigenvalue weighted by Gasteiger charge is 2.35. The lowest BCUT2D eigenvalue weighted by Gasteiger charge is -2.18. The number of para-hydroxylation sites is 3. The average molecular weight is 372 g/mol. The molecule has 1 fully saturated rings. The number of hydrogen-bond acceptors (Lipinski definition) is 3. The number of anilines is 1. The highest BCUT2D eigenvalue weighted by Crippen LogP contribution is 2.36. The fraction of sp³-hybridized carbons (Fsp3) is 0.263. The van der Waals surface area contributed by atoms with Gasteiger partial charge in [-0.25, -0.2) is 4.98 Å². The summed E-state index contributed by atoms with van der Waals surface area (Å²) in [7, 11) is 0. The van der Waals surface area contributed by atoms with Crippen LogP contribution in [0.15, 0.2) is 53.7 Å². The monoisotopic (exact) mass is 371 g/mol. The third kappa shape index (κ3) is 2.92. The summed E-state index contributed by atoms with van der Waals surface area (Å²) in [4.78, 5) is 19.4. The van der Waals surface area contributed by atoms with Crippen molar-refractivity contribution in [3.8, 4) is 0 Å². The van der Waals surface area contributed by atoms with Crippen LogP contribution < -0.4 is 4.90 Å². The summed E-state index contributed by atoms with van der Waals surface area (Å²) < 4.78 is 2.17. The predicted octanol–water partition coefficient (Wildman–Crippen LogP) is 4.61. The van der Waals surface area contributed by atoms with E-state index in [0.29, 0.717) is 11.6 Å². The van der Waals surface area contributed by atoms with Crippen LogP contribution in [0.4, 0.5) is 5.69 Å². The summed E-state index contributed by atoms with van der Waals surface area (Å²) in [6, 6.07) is 15.6. The zero-order valence-corrected chi connectivity index (χ0v) is 15.4. The molecule has 6 heteroatoms. The van der Waals surface area contributed by atoms with E-state index in [2.05, 4.69) is 17.6 Å². The second kappa shape index (κ2) is 6.73. The van der Waals surface area contributed by atoms with Gasteiger partial charge in [0, 0.05) is 13.1 Å². The standard InChI is InChI=1S/C19H18ClN3OS/c1-2-22-16-10-6-4-8-14(16)21-19(22)25-17-11-12-23(18(17)24)15-9-5-3-7-13(15)20/h3-10,17H,2,11-12H2,1H3. The van der Waals surface area contributed by atoms with E-state index in [4.69, 9.17) is 16.6 Å². The third-order valence-corrected chi connectivity index (χ3v) is 6.05. The molecule has 0 N–H and O–H groups in total. The Morgan fingerprint density at radius 1 is 1.20 bits per heavy atom. The van der Waals surface area contributed by atoms with Crippen molar-refractivity contribution >= 4 is 46.0 Å². The molecular formula is C19H18ClN3OS. The number of rotatable bonds is 4. The van der Waals surface area contributed by atoms with Crippen LogP contribution in [0.5, 0.6) is 0 Å². The molecule has 128 valence electrons. The van der Waals surface area contributed by atoms with Gasteiger partial charge in [0.1, 0.15) is 0 Å². The van der Waals surface area contributed by atoms with Gasteiger partial charge in [0.25, 0.3) is 0 Å². The first-order chi connectivity index (χ1) is 12.2. The zero-order valence-electron chi connectivity index (χ0n) is 13.9. The molecule has 4 rings (SSSR count). The highest BCUT2D eigenvalue weighted by atomic mass is 35.5. The molecule has 2 heterocycles. The first-order valence-corrected chi connectivity index (χ1v) is 9.62. The number of carbonyl (C=O) groups is 1. The van der Waals surface area contributed by atoms with Gasteiger partial charge in [-0.15, -0.1) is 0 Å². The number of carbonyl (C=O) groups excluding carboxylic acids is 1. The number of aryl methyl sites for hydroxylation is 1. The van der Waals surface area contributed by atoms with Gasteiger partial charge in [0.05, 0.1) is 27.0 Å². The van der Waals surface area contributed by atoms with Crippen LogP contribution in [0.2, 0.25) is 5.02 Å². The molecule has 0 radical (unpaired) electrons. The van der Waals surface area contributed by atoms with Gasteiger partial charge in [0.2, 0.25) is 5.91 Å². The van der Waals surface area contributed by atoms with Crippen molar-refractivity contribution in [1.29, 1.82) is 0 Å². The molecule has 0 aliphatic carbocycles. The van der Waals surface area contributed by atoms with Crippen LogP contribution in [0, 0.1) is 0 Å². The molecule has 1 atom stereocenters. The Bertz CT molecular complexity index is 939. The smallest absolute Gasteiger partial charge is 0.240 e. The fourth-order valence-corrected chi connectivity index (χ4v) is 4.70. The van der Waals surface area contributed by atoms with Crippen LogP contribution in [0.3, 0.4) is 0 Å². The number of benzene rings is 2. The average Bonchev–Trinajstić information content (AvgIpc) is 3.16. The Balaban J connectivity index is 1.60. The quantitative estimate of drug-likeness (QED) is 0.672. The summed E-state index contributed by atoms with van der Waals surface area (Å²) in [6.07, 6.45) is 0.793. The summed E-state index contributed by atoms with van der Waals surface area (Å²) in [6.45, 7) is 3.62. The van der Waals surface area contributed by atoms with Crippen molar-refractivity contribution in [2.45, 2.75) is 30.3 Å². The van der Waals surface area contributed by atoms with E-state index in [-0.39, 0.29) is 11.2 Å². The number of halogens is 1. The second-order valence-corrected chi connectivity index (χ2v) is 7.54. The van der Waals surface area contributed by atoms with Crippen molar-refractivity contribution in [3.63, 3.8) is 0 Å². The summed E-state index contributed by atoms with van der Waals surface area (Å²) in [5, 5.41) is 1.39. The zero-order chi connectivity index (χ0) is 17.4. The number of nitrogens with zero attached hydrogens (tertiary/aromatic N) is 3. The maximum Gasteiger partial charge on any atom is 0.240 e. The largest absolute Gasteiger partial charge is 0.319 e. The van der Waals surface area contributed by atoms with Crippen molar-refractivity contribution in [2.24, 2.45) is 0 Å². The molecule has 4 nitrogen and oxygen atoms in total. The van der Waals surface area contributed by atoms with E-state index in [1.807, 2.05) is 42.5 Å². The molecule has 1 saturated heterocycles. The third-order valence-electron chi connectivity index (χ3n) is 4.48. The second-order valence-electron chi connectivity index (χ2n) is 5.96. The molecule has 1 aliphatic heterocycles. The Labute approximate surface area is 155 Å². The van der Waals surface area contributed by atoms with Crippen LogP contribution >= 0.6 is 23.4 Å². The van der Waals surface area contributed by atoms with Gasteiger partial charge in [-0.2, -0.15) is 0 Å². The number of hydrogen-bond donors (Lipinski definition) is 0. The molecular weight excluding hydrogens is 354 g/mol. The number of fused-ring (bicyclic) bond motifs is 1. The topological polar surface area (TPSA) is 38.1 Å². The van der Waals surface area contributed by atoms with E-state index in [1.54, 1.807) is 16.7 Å². The van der Waals surface area contributed by atoms with Crippen LogP contribution in [-0.2, 0) is 11.3 Å². The number of aromatic nitrogens is 2. The van der Waals surface area contributed by atoms with Crippen LogP contribution in [0.1, 0.15) is 13.3 Å². The predicted molar refractivity (Wildman–Crippen MR) is 103 cm³/mol.